The van der Waals surface area contributed by atoms with Crippen molar-refractivity contribution in [1.82, 2.24) is 0 Å². The van der Waals surface area contributed by atoms with Crippen molar-refractivity contribution in [2.24, 2.45) is 0 Å². The quantitative estimate of drug-likeness (QED) is 0.466. The van der Waals surface area contributed by atoms with Crippen LogP contribution >= 0.6 is 0 Å². The summed E-state index contributed by atoms with van der Waals surface area (Å²) in [6, 6.07) is 0. The van der Waals surface area contributed by atoms with Crippen LogP contribution in [0.25, 0.3) is 0 Å². The lowest BCUT2D eigenvalue weighted by molar-refractivity contribution is -0.312. The topological polar surface area (TPSA) is 44.8 Å². The molecule has 0 aromatic heterocycles. The first-order valence-electron chi connectivity index (χ1n) is 4.54. The largest absolute Gasteiger partial charge is 0.463 e. The molecule has 0 spiro atoms. The lowest BCUT2D eigenvalue weighted by Crippen LogP contribution is -2.06. The second-order valence-electron chi connectivity index (χ2n) is 3.01. The number of esters is 1. The number of rotatable bonds is 1. The summed E-state index contributed by atoms with van der Waals surface area (Å²) in [4.78, 5) is 19.2. The Balaban J connectivity index is 0.000000223. The van der Waals surface area contributed by atoms with Crippen molar-refractivity contribution in [3.8, 4) is 0 Å². The molecule has 0 radical (unpaired) electrons. The van der Waals surface area contributed by atoms with E-state index in [9.17, 15) is 4.79 Å². The van der Waals surface area contributed by atoms with Gasteiger partial charge < -0.3 is 4.74 Å². The molecule has 0 bridgehead atoms. The molecule has 1 aliphatic rings. The van der Waals surface area contributed by atoms with Crippen molar-refractivity contribution in [3.05, 3.63) is 0 Å². The summed E-state index contributed by atoms with van der Waals surface area (Å²) in [5.74, 6) is -0.213. The van der Waals surface area contributed by atoms with Crippen molar-refractivity contribution in [3.63, 3.8) is 0 Å². The summed E-state index contributed by atoms with van der Waals surface area (Å²) in [5.41, 5.74) is 0. The molecule has 4 nitrogen and oxygen atoms in total. The van der Waals surface area contributed by atoms with Gasteiger partial charge in [-0.15, -0.1) is 0 Å². The van der Waals surface area contributed by atoms with Crippen molar-refractivity contribution in [1.29, 1.82) is 0 Å². The van der Waals surface area contributed by atoms with Crippen molar-refractivity contribution in [2.45, 2.75) is 39.7 Å². The fourth-order valence-electron chi connectivity index (χ4n) is 0.772. The van der Waals surface area contributed by atoms with Gasteiger partial charge in [-0.05, 0) is 26.7 Å². The van der Waals surface area contributed by atoms with Gasteiger partial charge in [-0.25, -0.2) is 9.78 Å². The van der Waals surface area contributed by atoms with Crippen LogP contribution < -0.4 is 0 Å². The van der Waals surface area contributed by atoms with Gasteiger partial charge in [-0.3, -0.25) is 4.79 Å². The number of ether oxygens (including phenoxy) is 1. The fraction of sp³-hybridized carbons (Fsp3) is 0.889. The molecule has 78 valence electrons. The highest BCUT2D eigenvalue weighted by molar-refractivity contribution is 5.66. The fourth-order valence-corrected chi connectivity index (χ4v) is 0.772. The number of carbonyl (C=O) groups is 1. The summed E-state index contributed by atoms with van der Waals surface area (Å²) in [6.07, 6.45) is 2.33. The van der Waals surface area contributed by atoms with E-state index in [1.807, 2.05) is 13.8 Å². The SMILES string of the molecule is C1CCOOC1.CC(=O)OC(C)C. The van der Waals surface area contributed by atoms with E-state index in [0.29, 0.717) is 0 Å². The minimum atomic E-state index is -0.213. The molecule has 1 aliphatic heterocycles. The van der Waals surface area contributed by atoms with Crippen LogP contribution in [0.5, 0.6) is 0 Å². The van der Waals surface area contributed by atoms with Gasteiger partial charge in [0.25, 0.3) is 0 Å². The summed E-state index contributed by atoms with van der Waals surface area (Å²) < 4.78 is 4.61. The van der Waals surface area contributed by atoms with Crippen LogP contribution in [-0.4, -0.2) is 25.3 Å². The van der Waals surface area contributed by atoms with E-state index >= 15 is 0 Å². The van der Waals surface area contributed by atoms with Gasteiger partial charge in [-0.2, -0.15) is 0 Å². The molecular formula is C9H18O4. The molecule has 0 saturated carbocycles. The third-order valence-electron chi connectivity index (χ3n) is 1.19. The molecule has 1 rings (SSSR count). The van der Waals surface area contributed by atoms with Crippen LogP contribution in [0, 0.1) is 0 Å². The molecule has 1 fully saturated rings. The Hall–Kier alpha value is -0.610. The van der Waals surface area contributed by atoms with E-state index in [4.69, 9.17) is 0 Å². The molecule has 1 heterocycles. The maximum absolute atomic E-state index is 10.0. The zero-order valence-corrected chi connectivity index (χ0v) is 8.54. The Kier molecular flexibility index (Phi) is 7.63. The molecule has 1 saturated heterocycles. The van der Waals surface area contributed by atoms with Gasteiger partial charge in [0.15, 0.2) is 0 Å². The van der Waals surface area contributed by atoms with Crippen LogP contribution in [0.1, 0.15) is 33.6 Å². The Morgan fingerprint density at radius 1 is 1.23 bits per heavy atom. The average molecular weight is 190 g/mol. The van der Waals surface area contributed by atoms with Crippen molar-refractivity contribution < 1.29 is 19.3 Å². The molecule has 0 unspecified atom stereocenters. The first kappa shape index (κ1) is 12.4. The van der Waals surface area contributed by atoms with Crippen LogP contribution in [0.3, 0.4) is 0 Å². The highest BCUT2D eigenvalue weighted by atomic mass is 17.2. The van der Waals surface area contributed by atoms with Crippen LogP contribution in [0.4, 0.5) is 0 Å². The maximum atomic E-state index is 10.0. The van der Waals surface area contributed by atoms with Gasteiger partial charge in [0.2, 0.25) is 0 Å². The van der Waals surface area contributed by atoms with E-state index in [2.05, 4.69) is 14.5 Å². The van der Waals surface area contributed by atoms with E-state index < -0.39 is 0 Å². The minimum Gasteiger partial charge on any atom is -0.463 e. The molecule has 0 atom stereocenters. The standard InChI is InChI=1S/C5H10O2.C4H8O2/c1-4(2)7-5(3)6;1-2-4-6-5-3-1/h4H,1-3H3;1-4H2. The Labute approximate surface area is 79.1 Å². The van der Waals surface area contributed by atoms with Gasteiger partial charge in [-0.1, -0.05) is 0 Å². The zero-order chi connectivity index (χ0) is 10.1. The maximum Gasteiger partial charge on any atom is 0.302 e. The number of hydrogen-bond acceptors (Lipinski definition) is 4. The third kappa shape index (κ3) is 11.4. The molecule has 13 heavy (non-hydrogen) atoms. The third-order valence-corrected chi connectivity index (χ3v) is 1.19. The summed E-state index contributed by atoms with van der Waals surface area (Å²) in [7, 11) is 0. The predicted octanol–water partition coefficient (Wildman–Crippen LogP) is 1.69. The lowest BCUT2D eigenvalue weighted by Gasteiger charge is -2.07. The highest BCUT2D eigenvalue weighted by Crippen LogP contribution is 1.97. The normalized spacial score (nSPS) is 16.0. The van der Waals surface area contributed by atoms with E-state index in [-0.39, 0.29) is 12.1 Å². The van der Waals surface area contributed by atoms with E-state index in [1.165, 1.54) is 6.92 Å². The van der Waals surface area contributed by atoms with Crippen molar-refractivity contribution >= 4 is 5.97 Å². The summed E-state index contributed by atoms with van der Waals surface area (Å²) in [5, 5.41) is 0. The monoisotopic (exact) mass is 190 g/mol. The first-order valence-corrected chi connectivity index (χ1v) is 4.54. The average Bonchev–Trinajstić information content (AvgIpc) is 2.06. The second-order valence-corrected chi connectivity index (χ2v) is 3.01. The van der Waals surface area contributed by atoms with Crippen LogP contribution in [0.15, 0.2) is 0 Å². The number of hydrogen-bond donors (Lipinski definition) is 0. The summed E-state index contributed by atoms with van der Waals surface area (Å²) in [6.45, 7) is 6.60. The van der Waals surface area contributed by atoms with Gasteiger partial charge in [0.1, 0.15) is 0 Å². The summed E-state index contributed by atoms with van der Waals surface area (Å²) >= 11 is 0. The van der Waals surface area contributed by atoms with Gasteiger partial charge in [0, 0.05) is 6.92 Å². The molecule has 0 amide bonds. The number of carbonyl (C=O) groups excluding carboxylic acids is 1. The first-order chi connectivity index (χ1) is 6.13. The van der Waals surface area contributed by atoms with Crippen LogP contribution in [0.2, 0.25) is 0 Å². The minimum absolute atomic E-state index is 0.0255. The van der Waals surface area contributed by atoms with E-state index in [0.717, 1.165) is 26.1 Å². The van der Waals surface area contributed by atoms with E-state index in [1.54, 1.807) is 0 Å². The second kappa shape index (κ2) is 8.01. The van der Waals surface area contributed by atoms with Crippen molar-refractivity contribution in [2.75, 3.05) is 13.2 Å². The van der Waals surface area contributed by atoms with Crippen LogP contribution in [-0.2, 0) is 19.3 Å². The predicted molar refractivity (Wildman–Crippen MR) is 48.0 cm³/mol. The lowest BCUT2D eigenvalue weighted by atomic mass is 10.3. The molecule has 0 N–H and O–H groups in total. The van der Waals surface area contributed by atoms with Gasteiger partial charge >= 0.3 is 5.97 Å². The molecule has 0 aromatic rings. The molecular weight excluding hydrogens is 172 g/mol. The smallest absolute Gasteiger partial charge is 0.302 e. The highest BCUT2D eigenvalue weighted by Gasteiger charge is 1.96. The molecule has 0 aliphatic carbocycles. The molecule has 4 heteroatoms. The Morgan fingerprint density at radius 2 is 1.69 bits per heavy atom. The van der Waals surface area contributed by atoms with Gasteiger partial charge in [0.05, 0.1) is 19.3 Å². The zero-order valence-electron chi connectivity index (χ0n) is 8.54. The Bertz CT molecular complexity index is 118. The Morgan fingerprint density at radius 3 is 1.77 bits per heavy atom. The molecule has 0 aromatic carbocycles.